The summed E-state index contributed by atoms with van der Waals surface area (Å²) in [6, 6.07) is 6.26. The lowest BCUT2D eigenvalue weighted by atomic mass is 9.79. The van der Waals surface area contributed by atoms with Gasteiger partial charge in [0.1, 0.15) is 5.75 Å². The first-order valence-corrected chi connectivity index (χ1v) is 8.03. The fourth-order valence-electron chi connectivity index (χ4n) is 2.95. The smallest absolute Gasteiger partial charge is 0.226 e. The van der Waals surface area contributed by atoms with Gasteiger partial charge < -0.3 is 15.4 Å². The van der Waals surface area contributed by atoms with Crippen LogP contribution in [0.15, 0.2) is 18.2 Å². The highest BCUT2D eigenvalue weighted by molar-refractivity contribution is 5.76. The second-order valence-corrected chi connectivity index (χ2v) is 7.07. The van der Waals surface area contributed by atoms with Crippen LogP contribution in [-0.4, -0.2) is 36.5 Å². The van der Waals surface area contributed by atoms with Crippen molar-refractivity contribution in [1.82, 2.24) is 4.90 Å². The molecule has 1 aliphatic rings. The van der Waals surface area contributed by atoms with Gasteiger partial charge in [0, 0.05) is 19.1 Å². The largest absolute Gasteiger partial charge is 0.493 e. The number of amides is 1. The van der Waals surface area contributed by atoms with Crippen molar-refractivity contribution in [3.63, 3.8) is 0 Å². The third-order valence-electron chi connectivity index (χ3n) is 4.57. The Morgan fingerprint density at radius 3 is 2.77 bits per heavy atom. The molecule has 0 radical (unpaired) electrons. The monoisotopic (exact) mass is 304 g/mol. The molecular weight excluding hydrogens is 276 g/mol. The molecule has 1 unspecified atom stereocenters. The number of piperidine rings is 1. The number of rotatable bonds is 4. The van der Waals surface area contributed by atoms with Crippen LogP contribution in [0.3, 0.4) is 0 Å². The van der Waals surface area contributed by atoms with Crippen molar-refractivity contribution in [3.05, 3.63) is 29.3 Å². The van der Waals surface area contributed by atoms with Crippen LogP contribution < -0.4 is 10.5 Å². The van der Waals surface area contributed by atoms with E-state index in [0.29, 0.717) is 13.0 Å². The summed E-state index contributed by atoms with van der Waals surface area (Å²) in [5.41, 5.74) is 8.43. The van der Waals surface area contributed by atoms with E-state index < -0.39 is 0 Å². The number of likely N-dealkylation sites (tertiary alicyclic amines) is 1. The van der Waals surface area contributed by atoms with E-state index in [1.807, 2.05) is 24.0 Å². The van der Waals surface area contributed by atoms with Crippen LogP contribution in [0.4, 0.5) is 0 Å². The Labute approximate surface area is 133 Å². The van der Waals surface area contributed by atoms with E-state index in [1.165, 1.54) is 5.56 Å². The summed E-state index contributed by atoms with van der Waals surface area (Å²) in [5, 5.41) is 0. The van der Waals surface area contributed by atoms with Crippen molar-refractivity contribution in [2.24, 2.45) is 11.1 Å². The minimum Gasteiger partial charge on any atom is -0.493 e. The average molecular weight is 304 g/mol. The number of ether oxygens (including phenoxy) is 1. The molecule has 1 atom stereocenters. The van der Waals surface area contributed by atoms with Gasteiger partial charge in [0.25, 0.3) is 0 Å². The summed E-state index contributed by atoms with van der Waals surface area (Å²) >= 11 is 0. The molecule has 122 valence electrons. The van der Waals surface area contributed by atoms with Gasteiger partial charge in [-0.05, 0) is 37.3 Å². The Morgan fingerprint density at radius 1 is 1.41 bits per heavy atom. The number of nitrogens with two attached hydrogens (primary N) is 1. The SMILES string of the molecule is Cc1ccc(OCCC(=O)N2CCC(N)C(C)(C)C2)c(C)c1. The molecule has 1 fully saturated rings. The zero-order valence-electron chi connectivity index (χ0n) is 14.2. The van der Waals surface area contributed by atoms with Gasteiger partial charge in [-0.25, -0.2) is 0 Å². The molecule has 0 bridgehead atoms. The van der Waals surface area contributed by atoms with Crippen molar-refractivity contribution < 1.29 is 9.53 Å². The van der Waals surface area contributed by atoms with E-state index in [-0.39, 0.29) is 17.4 Å². The van der Waals surface area contributed by atoms with Gasteiger partial charge in [0.15, 0.2) is 0 Å². The van der Waals surface area contributed by atoms with Gasteiger partial charge >= 0.3 is 0 Å². The number of hydrogen-bond acceptors (Lipinski definition) is 3. The maximum Gasteiger partial charge on any atom is 0.226 e. The first kappa shape index (κ1) is 16.8. The number of carbonyl (C=O) groups excluding carboxylic acids is 1. The Balaban J connectivity index is 1.83. The van der Waals surface area contributed by atoms with Crippen molar-refractivity contribution in [3.8, 4) is 5.75 Å². The molecule has 1 aromatic carbocycles. The number of nitrogens with zero attached hydrogens (tertiary/aromatic N) is 1. The van der Waals surface area contributed by atoms with Gasteiger partial charge in [-0.3, -0.25) is 4.79 Å². The summed E-state index contributed by atoms with van der Waals surface area (Å²) < 4.78 is 5.75. The molecule has 0 aromatic heterocycles. The lowest BCUT2D eigenvalue weighted by molar-refractivity contribution is -0.135. The normalized spacial score (nSPS) is 20.8. The Kier molecular flexibility index (Phi) is 5.12. The zero-order chi connectivity index (χ0) is 16.3. The van der Waals surface area contributed by atoms with Gasteiger partial charge in [-0.2, -0.15) is 0 Å². The number of aryl methyl sites for hydroxylation is 2. The van der Waals surface area contributed by atoms with Crippen LogP contribution in [0.25, 0.3) is 0 Å². The molecule has 0 spiro atoms. The van der Waals surface area contributed by atoms with Gasteiger partial charge in [-0.1, -0.05) is 31.5 Å². The molecule has 4 nitrogen and oxygen atoms in total. The van der Waals surface area contributed by atoms with Crippen molar-refractivity contribution in [2.45, 2.75) is 46.6 Å². The van der Waals surface area contributed by atoms with Gasteiger partial charge in [0.05, 0.1) is 13.0 Å². The molecule has 1 heterocycles. The summed E-state index contributed by atoms with van der Waals surface area (Å²) in [4.78, 5) is 14.3. The summed E-state index contributed by atoms with van der Waals surface area (Å²) in [6.45, 7) is 10.3. The van der Waals surface area contributed by atoms with Crippen LogP contribution in [0.1, 0.15) is 37.8 Å². The zero-order valence-corrected chi connectivity index (χ0v) is 14.2. The lowest BCUT2D eigenvalue weighted by Gasteiger charge is -2.42. The second-order valence-electron chi connectivity index (χ2n) is 7.07. The second kappa shape index (κ2) is 6.69. The maximum absolute atomic E-state index is 12.3. The molecule has 0 aliphatic carbocycles. The van der Waals surface area contributed by atoms with E-state index in [9.17, 15) is 4.79 Å². The van der Waals surface area contributed by atoms with E-state index in [0.717, 1.165) is 30.8 Å². The number of carbonyl (C=O) groups is 1. The third kappa shape index (κ3) is 4.01. The first-order valence-electron chi connectivity index (χ1n) is 8.03. The van der Waals surface area contributed by atoms with Crippen LogP contribution in [-0.2, 0) is 4.79 Å². The Bertz CT molecular complexity index is 540. The first-order chi connectivity index (χ1) is 10.3. The van der Waals surface area contributed by atoms with Crippen molar-refractivity contribution in [2.75, 3.05) is 19.7 Å². The highest BCUT2D eigenvalue weighted by atomic mass is 16.5. The number of benzene rings is 1. The molecule has 0 saturated carbocycles. The molecule has 1 amide bonds. The molecule has 4 heteroatoms. The van der Waals surface area contributed by atoms with E-state index in [1.54, 1.807) is 0 Å². The summed E-state index contributed by atoms with van der Waals surface area (Å²) in [6.07, 6.45) is 1.29. The predicted molar refractivity (Wildman–Crippen MR) is 89.0 cm³/mol. The van der Waals surface area contributed by atoms with Crippen molar-refractivity contribution >= 4 is 5.91 Å². The van der Waals surface area contributed by atoms with Crippen LogP contribution >= 0.6 is 0 Å². The van der Waals surface area contributed by atoms with Gasteiger partial charge in [-0.15, -0.1) is 0 Å². The van der Waals surface area contributed by atoms with Crippen LogP contribution in [0.2, 0.25) is 0 Å². The standard InChI is InChI=1S/C18H28N2O2/c1-13-5-6-15(14(2)11-13)22-10-8-17(21)20-9-7-16(19)18(3,4)12-20/h5-6,11,16H,7-10,12,19H2,1-4H3. The highest BCUT2D eigenvalue weighted by Crippen LogP contribution is 2.28. The molecule has 2 rings (SSSR count). The molecule has 1 aromatic rings. The topological polar surface area (TPSA) is 55.6 Å². The van der Waals surface area contributed by atoms with Crippen molar-refractivity contribution in [1.29, 1.82) is 0 Å². The maximum atomic E-state index is 12.3. The molecule has 2 N–H and O–H groups in total. The summed E-state index contributed by atoms with van der Waals surface area (Å²) in [7, 11) is 0. The van der Waals surface area contributed by atoms with Crippen LogP contribution in [0, 0.1) is 19.3 Å². The van der Waals surface area contributed by atoms with Crippen LogP contribution in [0.5, 0.6) is 5.75 Å². The lowest BCUT2D eigenvalue weighted by Crippen LogP contribution is -2.54. The van der Waals surface area contributed by atoms with E-state index >= 15 is 0 Å². The predicted octanol–water partition coefficient (Wildman–Crippen LogP) is 2.66. The minimum atomic E-state index is -0.0116. The molecule has 22 heavy (non-hydrogen) atoms. The summed E-state index contributed by atoms with van der Waals surface area (Å²) in [5.74, 6) is 1.02. The highest BCUT2D eigenvalue weighted by Gasteiger charge is 2.35. The quantitative estimate of drug-likeness (QED) is 0.930. The Hall–Kier alpha value is -1.55. The van der Waals surface area contributed by atoms with E-state index in [2.05, 4.69) is 26.8 Å². The van der Waals surface area contributed by atoms with Gasteiger partial charge in [0.2, 0.25) is 5.91 Å². The average Bonchev–Trinajstić information content (AvgIpc) is 2.44. The van der Waals surface area contributed by atoms with E-state index in [4.69, 9.17) is 10.5 Å². The molecular formula is C18H28N2O2. The minimum absolute atomic E-state index is 0.0116. The number of hydrogen-bond donors (Lipinski definition) is 1. The fraction of sp³-hybridized carbons (Fsp3) is 0.611. The molecule has 1 saturated heterocycles. The Morgan fingerprint density at radius 2 is 2.14 bits per heavy atom. The third-order valence-corrected chi connectivity index (χ3v) is 4.57. The molecule has 1 aliphatic heterocycles. The fourth-order valence-corrected chi connectivity index (χ4v) is 2.95.